The molecule has 0 bridgehead atoms. The van der Waals surface area contributed by atoms with Crippen molar-refractivity contribution < 1.29 is 19.8 Å². The third-order valence-electron chi connectivity index (χ3n) is 1.36. The normalized spacial score (nSPS) is 8.44. The molecule has 10 N–H and O–H groups in total. The molecule has 0 amide bonds. The van der Waals surface area contributed by atoms with Crippen LogP contribution in [0, 0.1) is 0 Å². The Kier molecular flexibility index (Phi) is 25.8. The van der Waals surface area contributed by atoms with E-state index in [4.69, 9.17) is 33.1 Å². The number of hydrogen-bond acceptors (Lipinski definition) is 6. The summed E-state index contributed by atoms with van der Waals surface area (Å²) in [4.78, 5) is 19.8. The molecule has 0 aliphatic heterocycles. The lowest BCUT2D eigenvalue weighted by atomic mass is 10.2. The van der Waals surface area contributed by atoms with Crippen LogP contribution in [0.3, 0.4) is 0 Å². The molecule has 0 spiro atoms. The smallest absolute Gasteiger partial charge is 0.303 e. The van der Waals surface area contributed by atoms with Crippen LogP contribution in [0.25, 0.3) is 0 Å². The molecule has 0 aromatic heterocycles. The lowest BCUT2D eigenvalue weighted by Crippen LogP contribution is -2.11. The predicted molar refractivity (Wildman–Crippen MR) is 70.0 cm³/mol. The first-order valence-corrected chi connectivity index (χ1v) is 5.70. The van der Waals surface area contributed by atoms with Crippen molar-refractivity contribution in [1.29, 1.82) is 0 Å². The monoisotopic (exact) mass is 266 g/mol. The molecule has 0 aromatic carbocycles. The fourth-order valence-corrected chi connectivity index (χ4v) is 0.552. The van der Waals surface area contributed by atoms with Gasteiger partial charge in [-0.1, -0.05) is 0 Å². The highest BCUT2D eigenvalue weighted by Crippen LogP contribution is 1.98. The Morgan fingerprint density at radius 2 is 0.889 bits per heavy atom. The number of carboxylic acids is 2. The van der Waals surface area contributed by atoms with Crippen molar-refractivity contribution in [3.8, 4) is 0 Å². The van der Waals surface area contributed by atoms with E-state index < -0.39 is 11.9 Å². The van der Waals surface area contributed by atoms with Crippen molar-refractivity contribution in [3.63, 3.8) is 0 Å². The van der Waals surface area contributed by atoms with Crippen LogP contribution in [-0.2, 0) is 9.59 Å². The van der Waals surface area contributed by atoms with Gasteiger partial charge in [0.05, 0.1) is 0 Å². The highest BCUT2D eigenvalue weighted by Gasteiger charge is 1.99. The van der Waals surface area contributed by atoms with Crippen LogP contribution < -0.4 is 22.9 Å². The van der Waals surface area contributed by atoms with Crippen LogP contribution in [-0.4, -0.2) is 48.3 Å². The minimum Gasteiger partial charge on any atom is -0.481 e. The van der Waals surface area contributed by atoms with Crippen LogP contribution in [0.5, 0.6) is 0 Å². The van der Waals surface area contributed by atoms with Crippen molar-refractivity contribution in [1.82, 2.24) is 0 Å². The van der Waals surface area contributed by atoms with Crippen molar-refractivity contribution in [3.05, 3.63) is 0 Å². The molecule has 0 rings (SSSR count). The first-order chi connectivity index (χ1) is 8.45. The SMILES string of the molecule is NCCN.NCCN.O=C(O)CCCCC(=O)O. The first-order valence-electron chi connectivity index (χ1n) is 5.70. The van der Waals surface area contributed by atoms with E-state index in [1.807, 2.05) is 0 Å². The minimum atomic E-state index is -0.870. The van der Waals surface area contributed by atoms with Gasteiger partial charge in [-0.15, -0.1) is 0 Å². The number of carbonyl (C=O) groups is 2. The second-order valence-corrected chi connectivity index (χ2v) is 3.15. The molecule has 110 valence electrons. The summed E-state index contributed by atoms with van der Waals surface area (Å²) in [7, 11) is 0. The molecular formula is C10H26N4O4. The lowest BCUT2D eigenvalue weighted by Gasteiger charge is -1.92. The van der Waals surface area contributed by atoms with E-state index in [2.05, 4.69) is 0 Å². The average molecular weight is 266 g/mol. The Morgan fingerprint density at radius 3 is 1.00 bits per heavy atom. The van der Waals surface area contributed by atoms with E-state index in [1.54, 1.807) is 0 Å². The molecule has 8 heteroatoms. The molecule has 0 aliphatic carbocycles. The summed E-state index contributed by atoms with van der Waals surface area (Å²) in [6, 6.07) is 0. The van der Waals surface area contributed by atoms with E-state index in [9.17, 15) is 9.59 Å². The number of aliphatic carboxylic acids is 2. The number of rotatable bonds is 7. The van der Waals surface area contributed by atoms with Crippen LogP contribution in [0.2, 0.25) is 0 Å². The third kappa shape index (κ3) is 46.4. The van der Waals surface area contributed by atoms with Crippen LogP contribution in [0.1, 0.15) is 25.7 Å². The molecule has 0 saturated carbocycles. The maximum atomic E-state index is 9.90. The van der Waals surface area contributed by atoms with Crippen LogP contribution in [0.15, 0.2) is 0 Å². The van der Waals surface area contributed by atoms with Gasteiger partial charge in [-0.3, -0.25) is 9.59 Å². The van der Waals surface area contributed by atoms with Gasteiger partial charge in [0.15, 0.2) is 0 Å². The van der Waals surface area contributed by atoms with E-state index in [0.717, 1.165) is 0 Å². The van der Waals surface area contributed by atoms with Crippen molar-refractivity contribution in [2.24, 2.45) is 22.9 Å². The van der Waals surface area contributed by atoms with Crippen molar-refractivity contribution in [2.45, 2.75) is 25.7 Å². The summed E-state index contributed by atoms with van der Waals surface area (Å²) >= 11 is 0. The summed E-state index contributed by atoms with van der Waals surface area (Å²) in [6.07, 6.45) is 1.02. The lowest BCUT2D eigenvalue weighted by molar-refractivity contribution is -0.139. The highest BCUT2D eigenvalue weighted by molar-refractivity contribution is 5.67. The van der Waals surface area contributed by atoms with Gasteiger partial charge < -0.3 is 33.1 Å². The molecule has 0 atom stereocenters. The first kappa shape index (κ1) is 22.0. The Bertz CT molecular complexity index is 167. The molecule has 0 heterocycles. The maximum Gasteiger partial charge on any atom is 0.303 e. The largest absolute Gasteiger partial charge is 0.481 e. The molecule has 0 radical (unpaired) electrons. The topological polar surface area (TPSA) is 179 Å². The van der Waals surface area contributed by atoms with Crippen LogP contribution >= 0.6 is 0 Å². The number of unbranched alkanes of at least 4 members (excludes halogenated alkanes) is 1. The van der Waals surface area contributed by atoms with Gasteiger partial charge in [0.25, 0.3) is 0 Å². The summed E-state index contributed by atoms with van der Waals surface area (Å²) in [5.74, 6) is -1.74. The Balaban J connectivity index is -0.000000233. The molecule has 0 aromatic rings. The quantitative estimate of drug-likeness (QED) is 0.302. The maximum absolute atomic E-state index is 9.90. The average Bonchev–Trinajstić information content (AvgIpc) is 2.35. The summed E-state index contributed by atoms with van der Waals surface area (Å²) < 4.78 is 0. The Hall–Kier alpha value is -1.22. The third-order valence-corrected chi connectivity index (χ3v) is 1.36. The standard InChI is InChI=1S/C6H10O4.2C2H8N2/c7-5(8)3-1-2-4-6(9)10;2*3-1-2-4/h1-4H2,(H,7,8)(H,9,10);2*1-4H2. The number of hydrogen-bond donors (Lipinski definition) is 6. The molecule has 0 unspecified atom stereocenters. The number of carboxylic acid groups (broad SMARTS) is 2. The highest BCUT2D eigenvalue weighted by atomic mass is 16.4. The fourth-order valence-electron chi connectivity index (χ4n) is 0.552. The molecule has 0 saturated heterocycles. The zero-order valence-corrected chi connectivity index (χ0v) is 10.7. The summed E-state index contributed by atoms with van der Waals surface area (Å²) in [6.45, 7) is 2.39. The van der Waals surface area contributed by atoms with Gasteiger partial charge in [-0.2, -0.15) is 0 Å². The van der Waals surface area contributed by atoms with Crippen molar-refractivity contribution >= 4 is 11.9 Å². The molecule has 8 nitrogen and oxygen atoms in total. The van der Waals surface area contributed by atoms with Gasteiger partial charge in [0.1, 0.15) is 0 Å². The second-order valence-electron chi connectivity index (χ2n) is 3.15. The second kappa shape index (κ2) is 21.1. The Labute approximate surface area is 107 Å². The van der Waals surface area contributed by atoms with Gasteiger partial charge in [0.2, 0.25) is 0 Å². The molecule has 0 fully saturated rings. The van der Waals surface area contributed by atoms with E-state index in [-0.39, 0.29) is 12.8 Å². The number of nitrogens with two attached hydrogens (primary N) is 4. The minimum absolute atomic E-state index is 0.0628. The predicted octanol–water partition coefficient (Wildman–Crippen LogP) is -1.48. The van der Waals surface area contributed by atoms with E-state index in [0.29, 0.717) is 39.0 Å². The van der Waals surface area contributed by atoms with Gasteiger partial charge in [-0.25, -0.2) is 0 Å². The van der Waals surface area contributed by atoms with E-state index in [1.165, 1.54) is 0 Å². The fraction of sp³-hybridized carbons (Fsp3) is 0.800. The molecular weight excluding hydrogens is 240 g/mol. The summed E-state index contributed by atoms with van der Waals surface area (Å²) in [5, 5.41) is 16.3. The van der Waals surface area contributed by atoms with E-state index >= 15 is 0 Å². The molecule has 0 aliphatic rings. The molecule has 18 heavy (non-hydrogen) atoms. The Morgan fingerprint density at radius 1 is 0.667 bits per heavy atom. The zero-order valence-electron chi connectivity index (χ0n) is 10.7. The van der Waals surface area contributed by atoms with Gasteiger partial charge in [-0.05, 0) is 12.8 Å². The van der Waals surface area contributed by atoms with Gasteiger partial charge in [0, 0.05) is 39.0 Å². The van der Waals surface area contributed by atoms with Gasteiger partial charge >= 0.3 is 11.9 Å². The summed E-state index contributed by atoms with van der Waals surface area (Å²) in [5.41, 5.74) is 19.6. The van der Waals surface area contributed by atoms with Crippen molar-refractivity contribution in [2.75, 3.05) is 26.2 Å². The van der Waals surface area contributed by atoms with Crippen LogP contribution in [0.4, 0.5) is 0 Å². The zero-order chi connectivity index (χ0) is 14.8.